The van der Waals surface area contributed by atoms with E-state index >= 15 is 0 Å². The first-order valence-corrected chi connectivity index (χ1v) is 8.51. The zero-order valence-corrected chi connectivity index (χ0v) is 13.7. The molecule has 0 aliphatic rings. The number of aromatic nitrogens is 1. The number of hydrogen-bond acceptors (Lipinski definition) is 7. The number of nitrogens with one attached hydrogen (secondary N) is 1. The number of nitrogens with zero attached hydrogens (tertiary/aromatic N) is 1. The number of hydrogen-bond donors (Lipinski definition) is 2. The number of carbonyl (C=O) groups excluding carboxylic acids is 1. The Morgan fingerprint density at radius 2 is 2.12 bits per heavy atom. The van der Waals surface area contributed by atoms with Gasteiger partial charge in [0.25, 0.3) is 10.0 Å². The summed E-state index contributed by atoms with van der Waals surface area (Å²) in [5.41, 5.74) is 6.14. The highest BCUT2D eigenvalue weighted by molar-refractivity contribution is 7.92. The predicted molar refractivity (Wildman–Crippen MR) is 88.0 cm³/mol. The molecule has 128 valence electrons. The first kappa shape index (κ1) is 17.5. The van der Waals surface area contributed by atoms with Crippen LogP contribution in [0.15, 0.2) is 47.6 Å². The molecule has 24 heavy (non-hydrogen) atoms. The average Bonchev–Trinajstić information content (AvgIpc) is 2.55. The molecule has 0 radical (unpaired) electrons. The molecule has 0 fully saturated rings. The van der Waals surface area contributed by atoms with Crippen LogP contribution in [0.2, 0.25) is 0 Å². The number of ether oxygens (including phenoxy) is 2. The molecule has 2 rings (SSSR count). The number of anilines is 2. The van der Waals surface area contributed by atoms with Crippen LogP contribution in [-0.4, -0.2) is 32.6 Å². The lowest BCUT2D eigenvalue weighted by molar-refractivity contribution is -0.145. The van der Waals surface area contributed by atoms with Crippen molar-refractivity contribution in [1.82, 2.24) is 4.98 Å². The minimum absolute atomic E-state index is 0.0104. The van der Waals surface area contributed by atoms with Gasteiger partial charge in [0.1, 0.15) is 10.6 Å². The maximum atomic E-state index is 12.4. The van der Waals surface area contributed by atoms with Gasteiger partial charge in [0, 0.05) is 18.1 Å². The highest BCUT2D eigenvalue weighted by Gasteiger charge is 2.17. The summed E-state index contributed by atoms with van der Waals surface area (Å²) in [6.07, 6.45) is 2.68. The molecule has 0 unspecified atom stereocenters. The molecule has 1 heterocycles. The van der Waals surface area contributed by atoms with Gasteiger partial charge in [-0.1, -0.05) is 0 Å². The van der Waals surface area contributed by atoms with Crippen molar-refractivity contribution in [2.45, 2.75) is 11.8 Å². The molecule has 0 aliphatic heterocycles. The van der Waals surface area contributed by atoms with Gasteiger partial charge >= 0.3 is 5.97 Å². The summed E-state index contributed by atoms with van der Waals surface area (Å²) < 4.78 is 37.2. The number of sulfonamides is 1. The Hall–Kier alpha value is -2.81. The lowest BCUT2D eigenvalue weighted by Crippen LogP contribution is -2.17. The minimum atomic E-state index is -3.87. The summed E-state index contributed by atoms with van der Waals surface area (Å²) in [6.45, 7) is 1.55. The lowest BCUT2D eigenvalue weighted by Gasteiger charge is -2.14. The van der Waals surface area contributed by atoms with Crippen LogP contribution in [0, 0.1) is 0 Å². The van der Waals surface area contributed by atoms with E-state index in [1.807, 2.05) is 0 Å². The van der Waals surface area contributed by atoms with Gasteiger partial charge in [-0.2, -0.15) is 0 Å². The standard InChI is InChI=1S/C15H17N3O5S/c1-2-22-15(19)10-23-14-6-5-11(16)8-13(14)18-24(20,21)12-4-3-7-17-9-12/h3-9,18H,2,10,16H2,1H3. The highest BCUT2D eigenvalue weighted by Crippen LogP contribution is 2.29. The van der Waals surface area contributed by atoms with Crippen LogP contribution < -0.4 is 15.2 Å². The van der Waals surface area contributed by atoms with Crippen LogP contribution in [0.5, 0.6) is 5.75 Å². The van der Waals surface area contributed by atoms with Crippen LogP contribution >= 0.6 is 0 Å². The molecule has 0 saturated heterocycles. The Balaban J connectivity index is 2.23. The van der Waals surface area contributed by atoms with Crippen LogP contribution in [0.1, 0.15) is 6.92 Å². The molecule has 1 aromatic carbocycles. The second kappa shape index (κ2) is 7.64. The zero-order chi connectivity index (χ0) is 17.6. The molecule has 0 atom stereocenters. The van der Waals surface area contributed by atoms with Crippen molar-refractivity contribution in [3.05, 3.63) is 42.7 Å². The fourth-order valence-electron chi connectivity index (χ4n) is 1.80. The number of carbonyl (C=O) groups is 1. The smallest absolute Gasteiger partial charge is 0.344 e. The topological polar surface area (TPSA) is 121 Å². The van der Waals surface area contributed by atoms with Gasteiger partial charge in [-0.25, -0.2) is 13.2 Å². The number of rotatable bonds is 7. The second-order valence-corrected chi connectivity index (χ2v) is 6.33. The van der Waals surface area contributed by atoms with E-state index in [1.54, 1.807) is 6.92 Å². The van der Waals surface area contributed by atoms with E-state index in [0.29, 0.717) is 5.69 Å². The molecule has 0 amide bonds. The molecule has 9 heteroatoms. The average molecular weight is 351 g/mol. The van der Waals surface area contributed by atoms with Gasteiger partial charge in [-0.05, 0) is 37.3 Å². The first-order valence-electron chi connectivity index (χ1n) is 7.03. The molecule has 0 spiro atoms. The van der Waals surface area contributed by atoms with E-state index in [4.69, 9.17) is 15.2 Å². The molecule has 8 nitrogen and oxygen atoms in total. The Bertz CT molecular complexity index is 809. The molecule has 0 bridgehead atoms. The SMILES string of the molecule is CCOC(=O)COc1ccc(N)cc1NS(=O)(=O)c1cccnc1. The molecular weight excluding hydrogens is 334 g/mol. The molecular formula is C15H17N3O5S. The zero-order valence-electron chi connectivity index (χ0n) is 12.9. The molecule has 3 N–H and O–H groups in total. The number of nitrogens with two attached hydrogens (primary N) is 1. The molecule has 2 aromatic rings. The maximum absolute atomic E-state index is 12.4. The van der Waals surface area contributed by atoms with Crippen molar-refractivity contribution in [2.24, 2.45) is 0 Å². The summed E-state index contributed by atoms with van der Waals surface area (Å²) in [5.74, 6) is -0.403. The summed E-state index contributed by atoms with van der Waals surface area (Å²) in [5, 5.41) is 0. The Morgan fingerprint density at radius 3 is 2.79 bits per heavy atom. The largest absolute Gasteiger partial charge is 0.480 e. The van der Waals surface area contributed by atoms with Gasteiger partial charge in [-0.3, -0.25) is 9.71 Å². The van der Waals surface area contributed by atoms with E-state index in [1.165, 1.54) is 42.7 Å². The summed E-state index contributed by atoms with van der Waals surface area (Å²) >= 11 is 0. The summed E-state index contributed by atoms with van der Waals surface area (Å²) in [4.78, 5) is 15.1. The van der Waals surface area contributed by atoms with E-state index in [2.05, 4.69) is 9.71 Å². The summed E-state index contributed by atoms with van der Waals surface area (Å²) in [7, 11) is -3.87. The van der Waals surface area contributed by atoms with Gasteiger partial charge in [0.2, 0.25) is 0 Å². The minimum Gasteiger partial charge on any atom is -0.480 e. The fourth-order valence-corrected chi connectivity index (χ4v) is 2.83. The predicted octanol–water partition coefficient (Wildman–Crippen LogP) is 1.41. The third kappa shape index (κ3) is 4.59. The van der Waals surface area contributed by atoms with E-state index < -0.39 is 16.0 Å². The van der Waals surface area contributed by atoms with Crippen molar-refractivity contribution >= 4 is 27.4 Å². The monoisotopic (exact) mass is 351 g/mol. The highest BCUT2D eigenvalue weighted by atomic mass is 32.2. The molecule has 1 aromatic heterocycles. The fraction of sp³-hybridized carbons (Fsp3) is 0.200. The van der Waals surface area contributed by atoms with Crippen molar-refractivity contribution in [3.63, 3.8) is 0 Å². The van der Waals surface area contributed by atoms with Gasteiger partial charge in [-0.15, -0.1) is 0 Å². The van der Waals surface area contributed by atoms with Crippen molar-refractivity contribution < 1.29 is 22.7 Å². The summed E-state index contributed by atoms with van der Waals surface area (Å²) in [6, 6.07) is 7.30. The lowest BCUT2D eigenvalue weighted by atomic mass is 10.2. The second-order valence-electron chi connectivity index (χ2n) is 4.64. The quantitative estimate of drug-likeness (QED) is 0.571. The molecule has 0 aliphatic carbocycles. The normalized spacial score (nSPS) is 10.9. The van der Waals surface area contributed by atoms with Crippen LogP contribution in [0.25, 0.3) is 0 Å². The Kier molecular flexibility index (Phi) is 5.59. The molecule has 0 saturated carbocycles. The van der Waals surface area contributed by atoms with E-state index in [9.17, 15) is 13.2 Å². The number of pyridine rings is 1. The van der Waals surface area contributed by atoms with Crippen LogP contribution in [0.4, 0.5) is 11.4 Å². The number of benzene rings is 1. The van der Waals surface area contributed by atoms with Gasteiger partial charge in [0.15, 0.2) is 6.61 Å². The Morgan fingerprint density at radius 1 is 1.33 bits per heavy atom. The third-order valence-corrected chi connectivity index (χ3v) is 4.19. The van der Waals surface area contributed by atoms with E-state index in [-0.39, 0.29) is 29.5 Å². The van der Waals surface area contributed by atoms with E-state index in [0.717, 1.165) is 0 Å². The number of nitrogen functional groups attached to an aromatic ring is 1. The van der Waals surface area contributed by atoms with Crippen molar-refractivity contribution in [1.29, 1.82) is 0 Å². The Labute approximate surface area is 139 Å². The van der Waals surface area contributed by atoms with Crippen molar-refractivity contribution in [2.75, 3.05) is 23.7 Å². The first-order chi connectivity index (χ1) is 11.4. The number of esters is 1. The van der Waals surface area contributed by atoms with Crippen molar-refractivity contribution in [3.8, 4) is 5.75 Å². The third-order valence-electron chi connectivity index (χ3n) is 2.84. The van der Waals surface area contributed by atoms with Crippen LogP contribution in [0.3, 0.4) is 0 Å². The van der Waals surface area contributed by atoms with Crippen LogP contribution in [-0.2, 0) is 19.6 Å². The van der Waals surface area contributed by atoms with Gasteiger partial charge in [0.05, 0.1) is 12.3 Å². The maximum Gasteiger partial charge on any atom is 0.344 e. The van der Waals surface area contributed by atoms with Gasteiger partial charge < -0.3 is 15.2 Å².